The Morgan fingerprint density at radius 1 is 1.21 bits per heavy atom. The van der Waals surface area contributed by atoms with E-state index in [9.17, 15) is 17.6 Å². The molecule has 1 aliphatic rings. The number of fused-ring (bicyclic) bond motifs is 1. The van der Waals surface area contributed by atoms with Gasteiger partial charge in [-0.15, -0.1) is 0 Å². The van der Waals surface area contributed by atoms with Crippen molar-refractivity contribution >= 4 is 38.7 Å². The number of sulfonamides is 1. The largest absolute Gasteiger partial charge is 0.480 e. The molecule has 4 heterocycles. The van der Waals surface area contributed by atoms with Crippen molar-refractivity contribution in [1.29, 1.82) is 0 Å². The van der Waals surface area contributed by atoms with Crippen molar-refractivity contribution in [3.05, 3.63) is 65.5 Å². The maximum Gasteiger partial charge on any atom is 0.272 e. The van der Waals surface area contributed by atoms with Gasteiger partial charge >= 0.3 is 0 Å². The van der Waals surface area contributed by atoms with Gasteiger partial charge in [0.15, 0.2) is 16.4 Å². The molecule has 2 N–H and O–H groups in total. The molecule has 5 rings (SSSR count). The number of likely N-dealkylation sites (tertiary alicyclic amines) is 1. The molecule has 3 aromatic heterocycles. The van der Waals surface area contributed by atoms with Gasteiger partial charge in [-0.1, -0.05) is 11.6 Å². The second-order valence-corrected chi connectivity index (χ2v) is 11.0. The Balaban J connectivity index is 1.46. The number of nitrogens with one attached hydrogen (secondary N) is 2. The molecule has 15 heteroatoms. The minimum absolute atomic E-state index is 0.0103. The summed E-state index contributed by atoms with van der Waals surface area (Å²) in [6.45, 7) is 1.59. The smallest absolute Gasteiger partial charge is 0.272 e. The van der Waals surface area contributed by atoms with E-state index in [-0.39, 0.29) is 34.2 Å². The molecule has 1 amide bonds. The summed E-state index contributed by atoms with van der Waals surface area (Å²) in [5, 5.41) is 2.94. The van der Waals surface area contributed by atoms with E-state index in [0.29, 0.717) is 5.52 Å². The lowest BCUT2D eigenvalue weighted by Gasteiger charge is -2.14. The topological polar surface area (TPSA) is 131 Å². The summed E-state index contributed by atoms with van der Waals surface area (Å²) in [4.78, 5) is 26.5. The number of ether oxygens (including phenoxy) is 1. The zero-order valence-corrected chi connectivity index (χ0v) is 22.2. The van der Waals surface area contributed by atoms with Gasteiger partial charge in [0, 0.05) is 25.0 Å². The van der Waals surface area contributed by atoms with Gasteiger partial charge in [0.1, 0.15) is 12.1 Å². The van der Waals surface area contributed by atoms with Crippen molar-refractivity contribution < 1.29 is 26.7 Å². The van der Waals surface area contributed by atoms with Crippen LogP contribution in [-0.4, -0.2) is 71.9 Å². The number of rotatable bonds is 7. The molecule has 4 aromatic rings. The van der Waals surface area contributed by atoms with Crippen LogP contribution in [0.25, 0.3) is 16.8 Å². The first-order chi connectivity index (χ1) is 18.6. The first kappa shape index (κ1) is 26.7. The van der Waals surface area contributed by atoms with Gasteiger partial charge in [-0.05, 0) is 38.2 Å². The summed E-state index contributed by atoms with van der Waals surface area (Å²) >= 11 is 5.88. The highest BCUT2D eigenvalue weighted by molar-refractivity contribution is 7.92. The number of imidazole rings is 1. The number of halogens is 3. The first-order valence-electron chi connectivity index (χ1n) is 11.6. The third-order valence-corrected chi connectivity index (χ3v) is 7.79. The first-order valence-corrected chi connectivity index (χ1v) is 13.5. The number of hydrogen-bond acceptors (Lipinski definition) is 8. The van der Waals surface area contributed by atoms with Crippen LogP contribution < -0.4 is 14.8 Å². The van der Waals surface area contributed by atoms with Crippen molar-refractivity contribution in [2.75, 3.05) is 32.0 Å². The van der Waals surface area contributed by atoms with Crippen LogP contribution in [-0.2, 0) is 10.0 Å². The molecule has 204 valence electrons. The summed E-state index contributed by atoms with van der Waals surface area (Å²) in [5.74, 6) is -2.83. The monoisotopic (exact) mass is 577 g/mol. The van der Waals surface area contributed by atoms with Gasteiger partial charge in [-0.25, -0.2) is 27.2 Å². The van der Waals surface area contributed by atoms with Crippen LogP contribution in [0.4, 0.5) is 14.5 Å². The minimum Gasteiger partial charge on any atom is -0.480 e. The molecular weight excluding hydrogens is 556 g/mol. The van der Waals surface area contributed by atoms with Gasteiger partial charge in [0.25, 0.3) is 15.9 Å². The lowest BCUT2D eigenvalue weighted by molar-refractivity contribution is 0.0935. The Hall–Kier alpha value is -3.88. The number of methoxy groups -OCH3 is 1. The lowest BCUT2D eigenvalue weighted by Crippen LogP contribution is -2.36. The maximum absolute atomic E-state index is 15.5. The second kappa shape index (κ2) is 10.4. The zero-order chi connectivity index (χ0) is 27.9. The normalized spacial score (nSPS) is 16.0. The summed E-state index contributed by atoms with van der Waals surface area (Å²) in [5.41, 5.74) is -0.817. The molecule has 0 aliphatic carbocycles. The van der Waals surface area contributed by atoms with Crippen molar-refractivity contribution in [3.63, 3.8) is 0 Å². The van der Waals surface area contributed by atoms with E-state index in [1.165, 1.54) is 36.4 Å². The number of anilines is 1. The highest BCUT2D eigenvalue weighted by Gasteiger charge is 2.27. The standard InChI is InChI=1S/C24H22ClF2N7O4S/c1-33-6-5-14(10-33)31-23(35)22-18-9-28-17(11-34(18)12-30-22)20-15(26)3-4-16(21(20)27)32-39(36,37)19-7-13(25)8-29-24(19)38-2/h3-4,7-9,11-12,14,32H,5-6,10H2,1-2H3,(H,31,35)/t14-/m0/s1. The zero-order valence-electron chi connectivity index (χ0n) is 20.7. The molecule has 1 fully saturated rings. The number of carbonyl (C=O) groups excluding carboxylic acids is 1. The van der Waals surface area contributed by atoms with E-state index in [1.807, 2.05) is 7.05 Å². The summed E-state index contributed by atoms with van der Waals surface area (Å²) in [6, 6.07) is 2.92. The van der Waals surface area contributed by atoms with Gasteiger partial charge in [-0.3, -0.25) is 14.5 Å². The van der Waals surface area contributed by atoms with E-state index in [2.05, 4.69) is 29.9 Å². The van der Waals surface area contributed by atoms with E-state index < -0.39 is 37.8 Å². The van der Waals surface area contributed by atoms with Gasteiger partial charge < -0.3 is 19.4 Å². The Kier molecular flexibility index (Phi) is 7.09. The number of amides is 1. The highest BCUT2D eigenvalue weighted by atomic mass is 35.5. The average molecular weight is 578 g/mol. The van der Waals surface area contributed by atoms with Crippen molar-refractivity contribution in [2.45, 2.75) is 17.4 Å². The molecule has 0 saturated carbocycles. The summed E-state index contributed by atoms with van der Waals surface area (Å²) in [6.07, 6.45) is 5.91. The SMILES string of the molecule is COc1ncc(Cl)cc1S(=O)(=O)Nc1ccc(F)c(-c2cn3cnc(C(=O)N[C@H]4CCN(C)C4)c3cn2)c1F. The van der Waals surface area contributed by atoms with Gasteiger partial charge in [-0.2, -0.15) is 0 Å². The molecule has 1 atom stereocenters. The van der Waals surface area contributed by atoms with E-state index in [4.69, 9.17) is 16.3 Å². The number of pyridine rings is 1. The number of likely N-dealkylation sites (N-methyl/N-ethyl adjacent to an activating group) is 1. The van der Waals surface area contributed by atoms with Crippen LogP contribution >= 0.6 is 11.6 Å². The van der Waals surface area contributed by atoms with Gasteiger partial charge in [0.2, 0.25) is 5.88 Å². The molecule has 1 saturated heterocycles. The third-order valence-electron chi connectivity index (χ3n) is 6.22. The Bertz CT molecular complexity index is 1700. The number of hydrogen-bond donors (Lipinski definition) is 2. The molecule has 0 radical (unpaired) electrons. The fourth-order valence-electron chi connectivity index (χ4n) is 4.33. The van der Waals surface area contributed by atoms with Crippen molar-refractivity contribution in [2.24, 2.45) is 0 Å². The van der Waals surface area contributed by atoms with Crippen LogP contribution in [0.15, 0.2) is 48.0 Å². The van der Waals surface area contributed by atoms with Crippen LogP contribution in [0.5, 0.6) is 5.88 Å². The van der Waals surface area contributed by atoms with Crippen molar-refractivity contribution in [1.82, 2.24) is 29.6 Å². The number of benzene rings is 1. The number of aromatic nitrogens is 4. The fraction of sp³-hybridized carbons (Fsp3) is 0.250. The molecule has 11 nitrogen and oxygen atoms in total. The number of carbonyl (C=O) groups is 1. The van der Waals surface area contributed by atoms with E-state index >= 15 is 4.39 Å². The van der Waals surface area contributed by atoms with Crippen LogP contribution in [0.2, 0.25) is 5.02 Å². The molecule has 1 aliphatic heterocycles. The summed E-state index contributed by atoms with van der Waals surface area (Å²) in [7, 11) is -1.25. The number of nitrogens with zero attached hydrogens (tertiary/aromatic N) is 5. The third kappa shape index (κ3) is 5.22. The predicted octanol–water partition coefficient (Wildman–Crippen LogP) is 2.97. The minimum atomic E-state index is -4.43. The van der Waals surface area contributed by atoms with Crippen molar-refractivity contribution in [3.8, 4) is 17.1 Å². The predicted molar refractivity (Wildman–Crippen MR) is 138 cm³/mol. The summed E-state index contributed by atoms with van der Waals surface area (Å²) < 4.78 is 64.8. The lowest BCUT2D eigenvalue weighted by atomic mass is 10.1. The molecule has 0 unspecified atom stereocenters. The quantitative estimate of drug-likeness (QED) is 0.343. The van der Waals surface area contributed by atoms with Crippen LogP contribution in [0, 0.1) is 11.6 Å². The van der Waals surface area contributed by atoms with E-state index in [0.717, 1.165) is 37.7 Å². The Labute approximate surface area is 226 Å². The van der Waals surface area contributed by atoms with Gasteiger partial charge in [0.05, 0.1) is 40.8 Å². The average Bonchev–Trinajstić information content (AvgIpc) is 3.51. The van der Waals surface area contributed by atoms with Crippen LogP contribution in [0.1, 0.15) is 16.9 Å². The Morgan fingerprint density at radius 2 is 2.00 bits per heavy atom. The molecule has 39 heavy (non-hydrogen) atoms. The van der Waals surface area contributed by atoms with E-state index in [1.54, 1.807) is 0 Å². The maximum atomic E-state index is 15.5. The second-order valence-electron chi connectivity index (χ2n) is 8.93. The Morgan fingerprint density at radius 3 is 2.72 bits per heavy atom. The molecule has 0 bridgehead atoms. The molecular formula is C24H22ClF2N7O4S. The van der Waals surface area contributed by atoms with Crippen LogP contribution in [0.3, 0.4) is 0 Å². The fourth-order valence-corrected chi connectivity index (χ4v) is 5.76. The highest BCUT2D eigenvalue weighted by Crippen LogP contribution is 2.32. The molecule has 1 aromatic carbocycles. The molecule has 0 spiro atoms.